The zero-order valence-corrected chi connectivity index (χ0v) is 15.3. The fourth-order valence-electron chi connectivity index (χ4n) is 2.48. The summed E-state index contributed by atoms with van der Waals surface area (Å²) in [4.78, 5) is 37.9. The molecule has 0 fully saturated rings. The van der Waals surface area contributed by atoms with Crippen LogP contribution in [0.5, 0.6) is 5.75 Å². The summed E-state index contributed by atoms with van der Waals surface area (Å²) in [5, 5.41) is 20.3. The molecule has 9 nitrogen and oxygen atoms in total. The number of unbranched alkanes of at least 4 members (excludes halogenated alkanes) is 1. The van der Waals surface area contributed by atoms with Crippen molar-refractivity contribution in [3.63, 3.8) is 0 Å². The van der Waals surface area contributed by atoms with E-state index in [4.69, 9.17) is 9.47 Å². The summed E-state index contributed by atoms with van der Waals surface area (Å²) in [5.41, 5.74) is 0.724. The lowest BCUT2D eigenvalue weighted by molar-refractivity contribution is -0.757. The Labute approximate surface area is 160 Å². The molecule has 2 aromatic rings. The molecule has 150 valence electrons. The number of ether oxygens (including phenoxy) is 2. The first kappa shape index (κ1) is 20.9. The Hall–Kier alpha value is -3.36. The molecule has 2 rings (SSSR count). The van der Waals surface area contributed by atoms with Crippen molar-refractivity contribution in [2.24, 2.45) is 0 Å². The van der Waals surface area contributed by atoms with Crippen molar-refractivity contribution in [1.82, 2.24) is 0 Å². The fraction of sp³-hybridized carbons (Fsp3) is 0.368. The quantitative estimate of drug-likeness (QED) is 0.284. The van der Waals surface area contributed by atoms with Crippen LogP contribution in [0.25, 0.3) is 10.8 Å². The van der Waals surface area contributed by atoms with Crippen LogP contribution in [0.4, 0.5) is 0 Å². The topological polar surface area (TPSA) is 125 Å². The average Bonchev–Trinajstić information content (AvgIpc) is 2.67. The Morgan fingerprint density at radius 1 is 1.07 bits per heavy atom. The Kier molecular flexibility index (Phi) is 7.55. The van der Waals surface area contributed by atoms with Crippen LogP contribution in [-0.4, -0.2) is 42.0 Å². The summed E-state index contributed by atoms with van der Waals surface area (Å²) < 4.78 is 9.88. The van der Waals surface area contributed by atoms with Gasteiger partial charge in [-0.05, 0) is 48.2 Å². The minimum absolute atomic E-state index is 0.0601. The second-order valence-corrected chi connectivity index (χ2v) is 6.10. The van der Waals surface area contributed by atoms with Crippen LogP contribution in [0.2, 0.25) is 0 Å². The highest BCUT2D eigenvalue weighted by Gasteiger charge is 2.19. The van der Waals surface area contributed by atoms with Gasteiger partial charge < -0.3 is 19.4 Å². The molecule has 1 unspecified atom stereocenters. The maximum absolute atomic E-state index is 12.2. The predicted molar refractivity (Wildman–Crippen MR) is 98.1 cm³/mol. The number of fused-ring (bicyclic) bond motifs is 1. The average molecular weight is 391 g/mol. The van der Waals surface area contributed by atoms with Gasteiger partial charge in [0.2, 0.25) is 0 Å². The van der Waals surface area contributed by atoms with E-state index in [9.17, 15) is 24.8 Å². The number of aromatic hydroxyl groups is 1. The number of phenols is 1. The van der Waals surface area contributed by atoms with Crippen molar-refractivity contribution in [2.75, 3.05) is 19.8 Å². The van der Waals surface area contributed by atoms with Crippen LogP contribution in [0.1, 0.15) is 31.2 Å². The van der Waals surface area contributed by atoms with Gasteiger partial charge in [-0.25, -0.2) is 4.79 Å². The van der Waals surface area contributed by atoms with Gasteiger partial charge in [0.25, 0.3) is 5.09 Å². The Morgan fingerprint density at radius 3 is 2.50 bits per heavy atom. The third kappa shape index (κ3) is 6.42. The van der Waals surface area contributed by atoms with Gasteiger partial charge >= 0.3 is 11.9 Å². The molecule has 0 aliphatic carbocycles. The SMILES string of the molecule is CC(C(=O)OCC(=O)OCCCCO[N+](=O)[O-])c1ccc2cc(O)ccc2c1. The molecular weight excluding hydrogens is 370 g/mol. The molecule has 0 bridgehead atoms. The van der Waals surface area contributed by atoms with Gasteiger partial charge in [0.15, 0.2) is 6.61 Å². The number of hydrogen-bond acceptors (Lipinski definition) is 8. The summed E-state index contributed by atoms with van der Waals surface area (Å²) in [6.45, 7) is 1.16. The number of benzene rings is 2. The molecule has 0 aliphatic rings. The summed E-state index contributed by atoms with van der Waals surface area (Å²) in [5.74, 6) is -1.67. The normalized spacial score (nSPS) is 11.6. The highest BCUT2D eigenvalue weighted by atomic mass is 16.9. The first-order valence-electron chi connectivity index (χ1n) is 8.69. The summed E-state index contributed by atoms with van der Waals surface area (Å²) in [7, 11) is 0. The highest BCUT2D eigenvalue weighted by molar-refractivity contribution is 5.87. The van der Waals surface area contributed by atoms with Crippen LogP contribution < -0.4 is 0 Å². The van der Waals surface area contributed by atoms with Crippen molar-refractivity contribution >= 4 is 22.7 Å². The molecule has 1 N–H and O–H groups in total. The van der Waals surface area contributed by atoms with Crippen molar-refractivity contribution < 1.29 is 34.1 Å². The van der Waals surface area contributed by atoms with Crippen LogP contribution in [-0.2, 0) is 23.9 Å². The first-order valence-corrected chi connectivity index (χ1v) is 8.69. The molecule has 0 aliphatic heterocycles. The molecule has 1 atom stereocenters. The van der Waals surface area contributed by atoms with E-state index in [1.54, 1.807) is 37.3 Å². The monoisotopic (exact) mass is 391 g/mol. The summed E-state index contributed by atoms with van der Waals surface area (Å²) in [6.07, 6.45) is 0.765. The number of phenolic OH excluding ortho intramolecular Hbond substituents is 1. The highest BCUT2D eigenvalue weighted by Crippen LogP contribution is 2.25. The van der Waals surface area contributed by atoms with Crippen LogP contribution in [0.15, 0.2) is 36.4 Å². The Balaban J connectivity index is 1.75. The number of rotatable bonds is 10. The van der Waals surface area contributed by atoms with Gasteiger partial charge in [-0.3, -0.25) is 4.79 Å². The molecule has 0 radical (unpaired) electrons. The molecule has 0 heterocycles. The molecule has 2 aromatic carbocycles. The van der Waals surface area contributed by atoms with Crippen molar-refractivity contribution in [3.05, 3.63) is 52.1 Å². The molecule has 0 aromatic heterocycles. The van der Waals surface area contributed by atoms with Gasteiger partial charge in [0, 0.05) is 0 Å². The van der Waals surface area contributed by atoms with E-state index in [1.165, 1.54) is 0 Å². The number of carbonyl (C=O) groups is 2. The molecule has 0 amide bonds. The molecular formula is C19H21NO8. The maximum Gasteiger partial charge on any atom is 0.344 e. The summed E-state index contributed by atoms with van der Waals surface area (Å²) >= 11 is 0. The van der Waals surface area contributed by atoms with Gasteiger partial charge in [0.1, 0.15) is 5.75 Å². The van der Waals surface area contributed by atoms with Crippen molar-refractivity contribution in [3.8, 4) is 5.75 Å². The molecule has 28 heavy (non-hydrogen) atoms. The zero-order valence-electron chi connectivity index (χ0n) is 15.3. The summed E-state index contributed by atoms with van der Waals surface area (Å²) in [6, 6.07) is 10.3. The number of nitrogens with zero attached hydrogens (tertiary/aromatic N) is 1. The lowest BCUT2D eigenvalue weighted by atomic mass is 9.98. The fourth-order valence-corrected chi connectivity index (χ4v) is 2.48. The zero-order chi connectivity index (χ0) is 20.5. The molecule has 9 heteroatoms. The van der Waals surface area contributed by atoms with E-state index < -0.39 is 29.6 Å². The van der Waals surface area contributed by atoms with E-state index in [2.05, 4.69) is 4.84 Å². The van der Waals surface area contributed by atoms with Gasteiger partial charge in [-0.15, -0.1) is 10.1 Å². The Bertz CT molecular complexity index is 851. The lowest BCUT2D eigenvalue weighted by Gasteiger charge is -2.12. The van der Waals surface area contributed by atoms with Crippen molar-refractivity contribution in [1.29, 1.82) is 0 Å². The van der Waals surface area contributed by atoms with E-state index in [1.807, 2.05) is 6.07 Å². The molecule has 0 spiro atoms. The minimum atomic E-state index is -0.883. The van der Waals surface area contributed by atoms with Crippen LogP contribution in [0, 0.1) is 10.1 Å². The van der Waals surface area contributed by atoms with E-state index >= 15 is 0 Å². The largest absolute Gasteiger partial charge is 0.508 e. The smallest absolute Gasteiger partial charge is 0.344 e. The van der Waals surface area contributed by atoms with E-state index in [-0.39, 0.29) is 19.0 Å². The van der Waals surface area contributed by atoms with Gasteiger partial charge in [-0.2, -0.15) is 0 Å². The number of hydrogen-bond donors (Lipinski definition) is 1. The predicted octanol–water partition coefficient (Wildman–Crippen LogP) is 2.72. The number of carbonyl (C=O) groups excluding carboxylic acids is 2. The third-order valence-corrected chi connectivity index (χ3v) is 4.03. The van der Waals surface area contributed by atoms with Gasteiger partial charge in [0.05, 0.1) is 19.1 Å². The first-order chi connectivity index (χ1) is 13.4. The molecule has 0 saturated carbocycles. The molecule has 0 saturated heterocycles. The second-order valence-electron chi connectivity index (χ2n) is 6.10. The standard InChI is InChI=1S/C19H21NO8/c1-13(14-4-5-16-11-17(21)7-6-15(16)10-14)19(23)27-12-18(22)26-8-2-3-9-28-20(24)25/h4-7,10-11,13,21H,2-3,8-9,12H2,1H3. The Morgan fingerprint density at radius 2 is 1.75 bits per heavy atom. The number of esters is 2. The van der Waals surface area contributed by atoms with E-state index in [0.29, 0.717) is 12.8 Å². The van der Waals surface area contributed by atoms with Crippen LogP contribution in [0.3, 0.4) is 0 Å². The lowest BCUT2D eigenvalue weighted by Crippen LogP contribution is -2.20. The van der Waals surface area contributed by atoms with Crippen molar-refractivity contribution in [2.45, 2.75) is 25.7 Å². The van der Waals surface area contributed by atoms with Gasteiger partial charge in [-0.1, -0.05) is 24.3 Å². The minimum Gasteiger partial charge on any atom is -0.508 e. The third-order valence-electron chi connectivity index (χ3n) is 4.03. The van der Waals surface area contributed by atoms with E-state index in [0.717, 1.165) is 16.3 Å². The second kappa shape index (κ2) is 10.1. The maximum atomic E-state index is 12.2. The van der Waals surface area contributed by atoms with Crippen LogP contribution >= 0.6 is 0 Å².